The highest BCUT2D eigenvalue weighted by Crippen LogP contribution is 2.41. The second kappa shape index (κ2) is 8.31. The van der Waals surface area contributed by atoms with Crippen molar-refractivity contribution in [2.75, 3.05) is 25.0 Å². The molecule has 0 spiro atoms. The van der Waals surface area contributed by atoms with Gasteiger partial charge < -0.3 is 15.5 Å². The third-order valence-electron chi connectivity index (χ3n) is 6.10. The molecule has 1 aliphatic heterocycles. The lowest BCUT2D eigenvalue weighted by atomic mass is 9.95. The van der Waals surface area contributed by atoms with Crippen molar-refractivity contribution in [2.45, 2.75) is 51.4 Å². The summed E-state index contributed by atoms with van der Waals surface area (Å²) in [4.78, 5) is 14.4. The molecule has 0 radical (unpaired) electrons. The van der Waals surface area contributed by atoms with Crippen molar-refractivity contribution in [3.63, 3.8) is 0 Å². The number of likely N-dealkylation sites (N-methyl/N-ethyl adjacent to an activating group) is 1. The van der Waals surface area contributed by atoms with Crippen LogP contribution in [0, 0.1) is 17.8 Å². The van der Waals surface area contributed by atoms with Crippen LogP contribution in [0.1, 0.15) is 38.7 Å². The van der Waals surface area contributed by atoms with E-state index < -0.39 is 11.7 Å². The number of benzene rings is 1. The Morgan fingerprint density at radius 3 is 2.43 bits per heavy atom. The number of amides is 1. The fourth-order valence-electron chi connectivity index (χ4n) is 4.70. The highest BCUT2D eigenvalue weighted by Gasteiger charge is 2.43. The quantitative estimate of drug-likeness (QED) is 0.770. The van der Waals surface area contributed by atoms with Crippen LogP contribution in [-0.4, -0.2) is 38.1 Å². The maximum atomic E-state index is 12.8. The van der Waals surface area contributed by atoms with Gasteiger partial charge in [0.25, 0.3) is 0 Å². The zero-order valence-electron chi connectivity index (χ0n) is 16.7. The Labute approximate surface area is 164 Å². The molecule has 2 aliphatic rings. The topological polar surface area (TPSA) is 44.4 Å². The second-order valence-electron chi connectivity index (χ2n) is 8.52. The van der Waals surface area contributed by atoms with Crippen LogP contribution < -0.4 is 15.5 Å². The van der Waals surface area contributed by atoms with E-state index in [4.69, 9.17) is 0 Å². The molecular formula is C21H30F3N3O. The van der Waals surface area contributed by atoms with Crippen molar-refractivity contribution >= 4 is 11.6 Å². The van der Waals surface area contributed by atoms with E-state index in [-0.39, 0.29) is 18.0 Å². The molecule has 1 saturated carbocycles. The average Bonchev–Trinajstić information content (AvgIpc) is 3.21. The van der Waals surface area contributed by atoms with Gasteiger partial charge in [-0.1, -0.05) is 13.8 Å². The standard InChI is InChI=1S/C21H30F3N3O/c1-13(2)10-19(20(28)25-3)26-18-9-4-14-11-27(12-17(14)18)16-7-5-15(6-8-16)21(22,23)24/h5-8,13-14,17-19,26H,4,9-12H2,1-3H3,(H,25,28)/t14-,17+,18+,19-/m1/s1. The molecule has 4 nitrogen and oxygen atoms in total. The molecule has 7 heteroatoms. The van der Waals surface area contributed by atoms with Crippen LogP contribution >= 0.6 is 0 Å². The second-order valence-corrected chi connectivity index (χ2v) is 8.52. The molecule has 1 aliphatic carbocycles. The molecule has 0 unspecified atom stereocenters. The Morgan fingerprint density at radius 1 is 1.18 bits per heavy atom. The van der Waals surface area contributed by atoms with Crippen LogP contribution in [0.25, 0.3) is 0 Å². The van der Waals surface area contributed by atoms with E-state index in [1.807, 2.05) is 0 Å². The van der Waals surface area contributed by atoms with Crippen LogP contribution in [0.2, 0.25) is 0 Å². The minimum absolute atomic E-state index is 0.0229. The average molecular weight is 397 g/mol. The zero-order chi connectivity index (χ0) is 20.5. The van der Waals surface area contributed by atoms with Crippen LogP contribution in [0.15, 0.2) is 24.3 Å². The first-order valence-corrected chi connectivity index (χ1v) is 10.1. The van der Waals surface area contributed by atoms with E-state index in [2.05, 4.69) is 29.4 Å². The number of nitrogens with one attached hydrogen (secondary N) is 2. The van der Waals surface area contributed by atoms with E-state index >= 15 is 0 Å². The summed E-state index contributed by atoms with van der Waals surface area (Å²) in [5, 5.41) is 6.34. The van der Waals surface area contributed by atoms with E-state index in [0.717, 1.165) is 50.2 Å². The van der Waals surface area contributed by atoms with E-state index in [1.165, 1.54) is 0 Å². The predicted molar refractivity (Wildman–Crippen MR) is 104 cm³/mol. The first kappa shape index (κ1) is 21.0. The number of hydrogen-bond donors (Lipinski definition) is 2. The first-order chi connectivity index (χ1) is 13.2. The smallest absolute Gasteiger partial charge is 0.371 e. The van der Waals surface area contributed by atoms with Crippen molar-refractivity contribution in [1.29, 1.82) is 0 Å². The summed E-state index contributed by atoms with van der Waals surface area (Å²) in [6, 6.07) is 5.52. The van der Waals surface area contributed by atoms with Crippen molar-refractivity contribution in [3.8, 4) is 0 Å². The van der Waals surface area contributed by atoms with Crippen LogP contribution in [-0.2, 0) is 11.0 Å². The molecule has 3 rings (SSSR count). The summed E-state index contributed by atoms with van der Waals surface area (Å²) >= 11 is 0. The Morgan fingerprint density at radius 2 is 1.86 bits per heavy atom. The van der Waals surface area contributed by atoms with Crippen molar-refractivity contribution < 1.29 is 18.0 Å². The van der Waals surface area contributed by atoms with Gasteiger partial charge in [0.2, 0.25) is 5.91 Å². The summed E-state index contributed by atoms with van der Waals surface area (Å²) < 4.78 is 38.4. The highest BCUT2D eigenvalue weighted by atomic mass is 19.4. The van der Waals surface area contributed by atoms with Gasteiger partial charge in [0.1, 0.15) is 0 Å². The Balaban J connectivity index is 1.65. The number of halogens is 3. The van der Waals surface area contributed by atoms with E-state index in [9.17, 15) is 18.0 Å². The van der Waals surface area contributed by atoms with Gasteiger partial charge in [-0.25, -0.2) is 0 Å². The summed E-state index contributed by atoms with van der Waals surface area (Å²) in [6.45, 7) is 5.90. The fourth-order valence-corrected chi connectivity index (χ4v) is 4.70. The molecule has 1 heterocycles. The van der Waals surface area contributed by atoms with Gasteiger partial charge in [0, 0.05) is 31.9 Å². The maximum Gasteiger partial charge on any atom is 0.416 e. The summed E-state index contributed by atoms with van der Waals surface area (Å²) in [6.07, 6.45) is -1.39. The first-order valence-electron chi connectivity index (χ1n) is 10.1. The van der Waals surface area contributed by atoms with Gasteiger partial charge in [-0.15, -0.1) is 0 Å². The molecule has 2 N–H and O–H groups in total. The molecule has 1 saturated heterocycles. The fraction of sp³-hybridized carbons (Fsp3) is 0.667. The molecule has 1 amide bonds. The molecule has 4 atom stereocenters. The zero-order valence-corrected chi connectivity index (χ0v) is 16.7. The number of carbonyl (C=O) groups is 1. The Hall–Kier alpha value is -1.76. The molecule has 2 fully saturated rings. The molecule has 1 aromatic rings. The molecule has 0 aromatic heterocycles. The maximum absolute atomic E-state index is 12.8. The molecule has 1 aromatic carbocycles. The van der Waals surface area contributed by atoms with Crippen LogP contribution in [0.3, 0.4) is 0 Å². The minimum atomic E-state index is -4.31. The largest absolute Gasteiger partial charge is 0.416 e. The van der Waals surface area contributed by atoms with Crippen LogP contribution in [0.4, 0.5) is 18.9 Å². The normalized spacial score (nSPS) is 25.8. The summed E-state index contributed by atoms with van der Waals surface area (Å²) in [5.41, 5.74) is 0.225. The summed E-state index contributed by atoms with van der Waals surface area (Å²) in [5.74, 6) is 1.37. The number of anilines is 1. The third-order valence-corrected chi connectivity index (χ3v) is 6.10. The monoisotopic (exact) mass is 397 g/mol. The minimum Gasteiger partial charge on any atom is -0.371 e. The number of rotatable bonds is 6. The number of nitrogens with zero attached hydrogens (tertiary/aromatic N) is 1. The van der Waals surface area contributed by atoms with Gasteiger partial charge in [-0.05, 0) is 61.3 Å². The highest BCUT2D eigenvalue weighted by molar-refractivity contribution is 5.81. The predicted octanol–water partition coefficient (Wildman–Crippen LogP) is 3.67. The summed E-state index contributed by atoms with van der Waals surface area (Å²) in [7, 11) is 1.66. The SMILES string of the molecule is CNC(=O)[C@@H](CC(C)C)N[C@H]1CC[C@@H]2CN(c3ccc(C(F)(F)F)cc3)C[C@@H]21. The lowest BCUT2D eigenvalue weighted by Crippen LogP contribution is -2.50. The van der Waals surface area contributed by atoms with Gasteiger partial charge >= 0.3 is 6.18 Å². The molecule has 28 heavy (non-hydrogen) atoms. The van der Waals surface area contributed by atoms with Gasteiger partial charge in [-0.2, -0.15) is 13.2 Å². The lowest BCUT2D eigenvalue weighted by molar-refractivity contribution is -0.137. The van der Waals surface area contributed by atoms with Crippen molar-refractivity contribution in [3.05, 3.63) is 29.8 Å². The van der Waals surface area contributed by atoms with Crippen molar-refractivity contribution in [1.82, 2.24) is 10.6 Å². The van der Waals surface area contributed by atoms with Crippen molar-refractivity contribution in [2.24, 2.45) is 17.8 Å². The Kier molecular flexibility index (Phi) is 6.22. The van der Waals surface area contributed by atoms with E-state index in [1.54, 1.807) is 19.2 Å². The molecule has 0 bridgehead atoms. The number of carbonyl (C=O) groups excluding carboxylic acids is 1. The number of hydrogen-bond acceptors (Lipinski definition) is 3. The number of fused-ring (bicyclic) bond motifs is 1. The molecular weight excluding hydrogens is 367 g/mol. The van der Waals surface area contributed by atoms with Crippen LogP contribution in [0.5, 0.6) is 0 Å². The Bertz CT molecular complexity index is 674. The number of alkyl halides is 3. The van der Waals surface area contributed by atoms with E-state index in [0.29, 0.717) is 17.8 Å². The lowest BCUT2D eigenvalue weighted by Gasteiger charge is -2.28. The van der Waals surface area contributed by atoms with Gasteiger partial charge in [0.05, 0.1) is 11.6 Å². The van der Waals surface area contributed by atoms with Gasteiger partial charge in [-0.3, -0.25) is 4.79 Å². The van der Waals surface area contributed by atoms with Gasteiger partial charge in [0.15, 0.2) is 0 Å². The molecule has 156 valence electrons. The third kappa shape index (κ3) is 4.62.